The van der Waals surface area contributed by atoms with E-state index in [1.807, 2.05) is 0 Å². The van der Waals surface area contributed by atoms with E-state index in [9.17, 15) is 0 Å². The molecule has 0 amide bonds. The highest BCUT2D eigenvalue weighted by atomic mass is 14.9. The van der Waals surface area contributed by atoms with Gasteiger partial charge in [-0.2, -0.15) is 0 Å². The van der Waals surface area contributed by atoms with Crippen molar-refractivity contribution in [2.75, 3.05) is 6.54 Å². The Morgan fingerprint density at radius 1 is 1.12 bits per heavy atom. The molecule has 0 unspecified atom stereocenters. The second-order valence-electron chi connectivity index (χ2n) is 5.84. The summed E-state index contributed by atoms with van der Waals surface area (Å²) in [7, 11) is 0. The van der Waals surface area contributed by atoms with Crippen molar-refractivity contribution < 1.29 is 0 Å². The largest absolute Gasteiger partial charge is 0.310 e. The Hall–Kier alpha value is -0.820. The van der Waals surface area contributed by atoms with Gasteiger partial charge in [0.15, 0.2) is 0 Å². The van der Waals surface area contributed by atoms with Gasteiger partial charge in [-0.15, -0.1) is 0 Å². The molecular weight excluding hydrogens is 194 g/mol. The minimum absolute atomic E-state index is 0.246. The quantitative estimate of drug-likeness (QED) is 0.754. The molecule has 1 aliphatic heterocycles. The van der Waals surface area contributed by atoms with Crippen LogP contribution in [0.1, 0.15) is 57.2 Å². The zero-order chi connectivity index (χ0) is 11.6. The lowest BCUT2D eigenvalue weighted by Crippen LogP contribution is -2.29. The molecule has 0 radical (unpaired) electrons. The van der Waals surface area contributed by atoms with Crippen LogP contribution in [0.5, 0.6) is 0 Å². The minimum Gasteiger partial charge on any atom is -0.310 e. The molecule has 1 aliphatic rings. The molecule has 1 heteroatoms. The van der Waals surface area contributed by atoms with E-state index in [-0.39, 0.29) is 5.41 Å². The Morgan fingerprint density at radius 3 is 2.50 bits per heavy atom. The molecule has 1 heterocycles. The molecule has 1 atom stereocenters. The molecule has 1 N–H and O–H groups in total. The van der Waals surface area contributed by atoms with Gasteiger partial charge in [-0.1, -0.05) is 51.5 Å². The fraction of sp³-hybridized carbons (Fsp3) is 0.600. The van der Waals surface area contributed by atoms with Crippen LogP contribution in [0.3, 0.4) is 0 Å². The van der Waals surface area contributed by atoms with Crippen LogP contribution in [-0.4, -0.2) is 6.54 Å². The molecule has 1 fully saturated rings. The fourth-order valence-corrected chi connectivity index (χ4v) is 2.60. The first-order valence-corrected chi connectivity index (χ1v) is 6.42. The summed E-state index contributed by atoms with van der Waals surface area (Å²) in [6, 6.07) is 9.48. The summed E-state index contributed by atoms with van der Waals surface area (Å²) < 4.78 is 0. The lowest BCUT2D eigenvalue weighted by Gasteiger charge is -2.30. The number of nitrogens with one attached hydrogen (secondary N) is 1. The van der Waals surface area contributed by atoms with E-state index in [0.29, 0.717) is 6.04 Å². The normalized spacial score (nSPS) is 22.1. The van der Waals surface area contributed by atoms with Gasteiger partial charge in [0.25, 0.3) is 0 Å². The van der Waals surface area contributed by atoms with Crippen molar-refractivity contribution in [1.82, 2.24) is 5.32 Å². The van der Waals surface area contributed by atoms with E-state index in [1.54, 1.807) is 0 Å². The summed E-state index contributed by atoms with van der Waals surface area (Å²) in [6.45, 7) is 8.07. The Kier molecular flexibility index (Phi) is 3.34. The number of hydrogen-bond acceptors (Lipinski definition) is 1. The maximum atomic E-state index is 3.65. The fourth-order valence-electron chi connectivity index (χ4n) is 2.60. The number of benzene rings is 1. The smallest absolute Gasteiger partial charge is 0.0323 e. The molecule has 0 aromatic heterocycles. The molecule has 1 nitrogen and oxygen atoms in total. The van der Waals surface area contributed by atoms with Gasteiger partial charge >= 0.3 is 0 Å². The molecule has 0 spiro atoms. The molecule has 0 aliphatic carbocycles. The van der Waals surface area contributed by atoms with Crippen LogP contribution in [0.4, 0.5) is 0 Å². The van der Waals surface area contributed by atoms with Crippen LogP contribution in [0.25, 0.3) is 0 Å². The van der Waals surface area contributed by atoms with Gasteiger partial charge in [-0.3, -0.25) is 0 Å². The Bertz CT molecular complexity index is 343. The Balaban J connectivity index is 2.32. The predicted molar refractivity (Wildman–Crippen MR) is 69.7 cm³/mol. The van der Waals surface area contributed by atoms with E-state index in [1.165, 1.54) is 36.9 Å². The zero-order valence-corrected chi connectivity index (χ0v) is 10.7. The highest BCUT2D eigenvalue weighted by molar-refractivity contribution is 5.35. The maximum absolute atomic E-state index is 3.65. The molecule has 2 rings (SSSR count). The van der Waals surface area contributed by atoms with Crippen molar-refractivity contribution in [3.05, 3.63) is 35.4 Å². The van der Waals surface area contributed by atoms with Crippen molar-refractivity contribution in [3.63, 3.8) is 0 Å². The maximum Gasteiger partial charge on any atom is 0.0323 e. The van der Waals surface area contributed by atoms with E-state index in [4.69, 9.17) is 0 Å². The van der Waals surface area contributed by atoms with Gasteiger partial charge in [-0.25, -0.2) is 0 Å². The van der Waals surface area contributed by atoms with Crippen LogP contribution >= 0.6 is 0 Å². The zero-order valence-electron chi connectivity index (χ0n) is 10.7. The van der Waals surface area contributed by atoms with E-state index >= 15 is 0 Å². The average molecular weight is 217 g/mol. The van der Waals surface area contributed by atoms with Gasteiger partial charge < -0.3 is 5.32 Å². The van der Waals surface area contributed by atoms with Crippen molar-refractivity contribution in [1.29, 1.82) is 0 Å². The topological polar surface area (TPSA) is 12.0 Å². The molecule has 0 bridgehead atoms. The van der Waals surface area contributed by atoms with Crippen LogP contribution < -0.4 is 5.32 Å². The Morgan fingerprint density at radius 2 is 1.88 bits per heavy atom. The van der Waals surface area contributed by atoms with E-state index < -0.39 is 0 Å². The third-order valence-corrected chi connectivity index (χ3v) is 3.45. The molecule has 16 heavy (non-hydrogen) atoms. The summed E-state index contributed by atoms with van der Waals surface area (Å²) in [5, 5.41) is 3.65. The van der Waals surface area contributed by atoms with Crippen molar-refractivity contribution in [2.45, 2.75) is 51.5 Å². The monoisotopic (exact) mass is 217 g/mol. The summed E-state index contributed by atoms with van der Waals surface area (Å²) >= 11 is 0. The second kappa shape index (κ2) is 4.58. The van der Waals surface area contributed by atoms with Gasteiger partial charge in [-0.05, 0) is 35.9 Å². The molecular formula is C15H23N. The molecule has 1 aromatic carbocycles. The van der Waals surface area contributed by atoms with Crippen LogP contribution in [0, 0.1) is 0 Å². The third-order valence-electron chi connectivity index (χ3n) is 3.45. The summed E-state index contributed by atoms with van der Waals surface area (Å²) in [6.07, 6.45) is 3.97. The van der Waals surface area contributed by atoms with Gasteiger partial charge in [0, 0.05) is 6.04 Å². The van der Waals surface area contributed by atoms with Gasteiger partial charge in [0.1, 0.15) is 0 Å². The molecule has 1 saturated heterocycles. The number of rotatable bonds is 1. The SMILES string of the molecule is CC(C)(C)c1ccccc1[C@@H]1CCCCN1. The minimum atomic E-state index is 0.246. The van der Waals surface area contributed by atoms with Crippen LogP contribution in [0.2, 0.25) is 0 Å². The molecule has 0 saturated carbocycles. The predicted octanol–water partition coefficient (Wildman–Crippen LogP) is 3.80. The van der Waals surface area contributed by atoms with E-state index in [2.05, 4.69) is 50.4 Å². The highest BCUT2D eigenvalue weighted by Gasteiger charge is 2.23. The van der Waals surface area contributed by atoms with Crippen LogP contribution in [-0.2, 0) is 5.41 Å². The third kappa shape index (κ3) is 2.46. The van der Waals surface area contributed by atoms with Crippen molar-refractivity contribution in [3.8, 4) is 0 Å². The summed E-state index contributed by atoms with van der Waals surface area (Å²) in [5.41, 5.74) is 3.25. The first-order valence-electron chi connectivity index (χ1n) is 6.42. The Labute approximate surface area is 99.3 Å². The lowest BCUT2D eigenvalue weighted by atomic mass is 9.80. The first kappa shape index (κ1) is 11.7. The van der Waals surface area contributed by atoms with Crippen LogP contribution in [0.15, 0.2) is 24.3 Å². The van der Waals surface area contributed by atoms with Gasteiger partial charge in [0.05, 0.1) is 0 Å². The summed E-state index contributed by atoms with van der Waals surface area (Å²) in [4.78, 5) is 0. The standard InChI is InChI=1S/C15H23N/c1-15(2,3)13-9-5-4-8-12(13)14-10-6-7-11-16-14/h4-5,8-9,14,16H,6-7,10-11H2,1-3H3/t14-/m0/s1. The van der Waals surface area contributed by atoms with Gasteiger partial charge in [0.2, 0.25) is 0 Å². The summed E-state index contributed by atoms with van der Waals surface area (Å²) in [5.74, 6) is 0. The number of hydrogen-bond donors (Lipinski definition) is 1. The van der Waals surface area contributed by atoms with E-state index in [0.717, 1.165) is 0 Å². The molecule has 1 aromatic rings. The second-order valence-corrected chi connectivity index (χ2v) is 5.84. The lowest BCUT2D eigenvalue weighted by molar-refractivity contribution is 0.405. The highest BCUT2D eigenvalue weighted by Crippen LogP contribution is 2.32. The average Bonchev–Trinajstić information content (AvgIpc) is 2.29. The number of piperidine rings is 1. The first-order chi connectivity index (χ1) is 7.59. The van der Waals surface area contributed by atoms with Crippen molar-refractivity contribution >= 4 is 0 Å². The van der Waals surface area contributed by atoms with Crippen molar-refractivity contribution in [2.24, 2.45) is 0 Å². The molecule has 88 valence electrons.